The highest BCUT2D eigenvalue weighted by Gasteiger charge is 2.08. The van der Waals surface area contributed by atoms with E-state index in [1.165, 1.54) is 0 Å². The molecule has 0 aliphatic heterocycles. The molecule has 0 aliphatic carbocycles. The van der Waals surface area contributed by atoms with E-state index >= 15 is 0 Å². The molecule has 2 heteroatoms. The van der Waals surface area contributed by atoms with Gasteiger partial charge in [0.15, 0.2) is 0 Å². The van der Waals surface area contributed by atoms with Crippen LogP contribution >= 0.6 is 15.9 Å². The summed E-state index contributed by atoms with van der Waals surface area (Å²) in [5, 5.41) is 9.93. The summed E-state index contributed by atoms with van der Waals surface area (Å²) in [6.45, 7) is 0. The van der Waals surface area contributed by atoms with Gasteiger partial charge in [0, 0.05) is 5.33 Å². The Morgan fingerprint density at radius 1 is 1.00 bits per heavy atom. The normalized spacial score (nSPS) is 9.75. The van der Waals surface area contributed by atoms with Crippen LogP contribution in [0, 0.1) is 11.3 Å². The lowest BCUT2D eigenvalue weighted by Gasteiger charge is -2.07. The number of nitrogens with zero attached hydrogens (tertiary/aromatic N) is 1. The van der Waals surface area contributed by atoms with Crippen LogP contribution in [0.15, 0.2) is 48.5 Å². The van der Waals surface area contributed by atoms with Crippen molar-refractivity contribution in [2.24, 2.45) is 0 Å². The quantitative estimate of drug-likeness (QED) is 0.754. The van der Waals surface area contributed by atoms with Gasteiger partial charge in [-0.1, -0.05) is 64.5 Å². The van der Waals surface area contributed by atoms with Crippen molar-refractivity contribution in [3.8, 4) is 17.2 Å². The summed E-state index contributed by atoms with van der Waals surface area (Å²) < 4.78 is 0. The number of benzene rings is 2. The molecule has 0 heterocycles. The van der Waals surface area contributed by atoms with Gasteiger partial charge in [-0.05, 0) is 16.7 Å². The highest BCUT2D eigenvalue weighted by molar-refractivity contribution is 9.08. The van der Waals surface area contributed by atoms with E-state index in [4.69, 9.17) is 0 Å². The molecule has 2 rings (SSSR count). The number of rotatable bonds is 2. The Morgan fingerprint density at radius 3 is 2.38 bits per heavy atom. The SMILES string of the molecule is N#Cc1c(CBr)cccc1-c1ccccc1. The van der Waals surface area contributed by atoms with Gasteiger partial charge in [0.2, 0.25) is 0 Å². The third-order valence-electron chi connectivity index (χ3n) is 2.49. The summed E-state index contributed by atoms with van der Waals surface area (Å²) >= 11 is 3.40. The molecule has 0 aliphatic rings. The molecule has 16 heavy (non-hydrogen) atoms. The molecule has 0 saturated carbocycles. The molecule has 1 nitrogen and oxygen atoms in total. The summed E-state index contributed by atoms with van der Waals surface area (Å²) in [5.41, 5.74) is 3.87. The van der Waals surface area contributed by atoms with E-state index in [9.17, 15) is 5.26 Å². The molecule has 0 amide bonds. The summed E-state index contributed by atoms with van der Waals surface area (Å²) in [6.07, 6.45) is 0. The van der Waals surface area contributed by atoms with E-state index < -0.39 is 0 Å². The van der Waals surface area contributed by atoms with Crippen molar-refractivity contribution in [2.75, 3.05) is 0 Å². The molecule has 0 unspecified atom stereocenters. The maximum absolute atomic E-state index is 9.22. The van der Waals surface area contributed by atoms with Crippen molar-refractivity contribution in [1.82, 2.24) is 0 Å². The van der Waals surface area contributed by atoms with Crippen molar-refractivity contribution in [2.45, 2.75) is 5.33 Å². The monoisotopic (exact) mass is 271 g/mol. The first kappa shape index (κ1) is 10.9. The smallest absolute Gasteiger partial charge is 0.100 e. The van der Waals surface area contributed by atoms with Crippen molar-refractivity contribution >= 4 is 15.9 Å². The maximum Gasteiger partial charge on any atom is 0.100 e. The van der Waals surface area contributed by atoms with Gasteiger partial charge < -0.3 is 0 Å². The molecular weight excluding hydrogens is 262 g/mol. The standard InChI is InChI=1S/C14H10BrN/c15-9-12-7-4-8-13(14(12)10-16)11-5-2-1-3-6-11/h1-8H,9H2. The fourth-order valence-corrected chi connectivity index (χ4v) is 2.17. The van der Waals surface area contributed by atoms with Crippen LogP contribution in [0.25, 0.3) is 11.1 Å². The lowest BCUT2D eigenvalue weighted by Crippen LogP contribution is -1.90. The fourth-order valence-electron chi connectivity index (χ4n) is 1.70. The lowest BCUT2D eigenvalue weighted by atomic mass is 9.97. The van der Waals surface area contributed by atoms with E-state index in [1.54, 1.807) is 0 Å². The van der Waals surface area contributed by atoms with Crippen LogP contribution in [0.4, 0.5) is 0 Å². The molecule has 0 spiro atoms. The third kappa shape index (κ3) is 2.00. The Balaban J connectivity index is 2.63. The molecule has 0 bridgehead atoms. The highest BCUT2D eigenvalue weighted by atomic mass is 79.9. The van der Waals surface area contributed by atoms with Crippen molar-refractivity contribution < 1.29 is 0 Å². The molecule has 0 radical (unpaired) electrons. The Kier molecular flexibility index (Phi) is 3.38. The summed E-state index contributed by atoms with van der Waals surface area (Å²) in [4.78, 5) is 0. The van der Waals surface area contributed by atoms with Gasteiger partial charge in [-0.3, -0.25) is 0 Å². The van der Waals surface area contributed by atoms with Crippen molar-refractivity contribution in [3.05, 3.63) is 59.7 Å². The zero-order valence-corrected chi connectivity index (χ0v) is 10.2. The van der Waals surface area contributed by atoms with Gasteiger partial charge in [-0.2, -0.15) is 5.26 Å². The molecular formula is C14H10BrN. The molecule has 0 fully saturated rings. The second-order valence-corrected chi connectivity index (χ2v) is 4.01. The molecule has 0 aromatic heterocycles. The zero-order valence-electron chi connectivity index (χ0n) is 8.65. The van der Waals surface area contributed by atoms with E-state index in [0.717, 1.165) is 22.3 Å². The minimum absolute atomic E-state index is 0.705. The van der Waals surface area contributed by atoms with Crippen LogP contribution < -0.4 is 0 Å². The minimum Gasteiger partial charge on any atom is -0.192 e. The molecule has 2 aromatic carbocycles. The molecule has 78 valence electrons. The maximum atomic E-state index is 9.22. The Labute approximate surface area is 103 Å². The predicted molar refractivity (Wildman–Crippen MR) is 69.2 cm³/mol. The van der Waals surface area contributed by atoms with Crippen molar-refractivity contribution in [3.63, 3.8) is 0 Å². The molecule has 0 N–H and O–H groups in total. The number of halogens is 1. The fraction of sp³-hybridized carbons (Fsp3) is 0.0714. The van der Waals surface area contributed by atoms with E-state index in [1.807, 2.05) is 48.5 Å². The first-order valence-electron chi connectivity index (χ1n) is 5.00. The first-order chi connectivity index (χ1) is 7.86. The van der Waals surface area contributed by atoms with E-state index in [-0.39, 0.29) is 0 Å². The zero-order chi connectivity index (χ0) is 11.4. The van der Waals surface area contributed by atoms with Crippen LogP contribution in [-0.4, -0.2) is 0 Å². The average molecular weight is 272 g/mol. The van der Waals surface area contributed by atoms with Gasteiger partial charge in [0.1, 0.15) is 6.07 Å². The second kappa shape index (κ2) is 4.96. The Morgan fingerprint density at radius 2 is 1.75 bits per heavy atom. The minimum atomic E-state index is 0.705. The topological polar surface area (TPSA) is 23.8 Å². The van der Waals surface area contributed by atoms with Crippen LogP contribution in [0.2, 0.25) is 0 Å². The van der Waals surface area contributed by atoms with Crippen LogP contribution in [0.1, 0.15) is 11.1 Å². The summed E-state index contributed by atoms with van der Waals surface area (Å²) in [5.74, 6) is 0. The van der Waals surface area contributed by atoms with Gasteiger partial charge >= 0.3 is 0 Å². The van der Waals surface area contributed by atoms with Crippen molar-refractivity contribution in [1.29, 1.82) is 5.26 Å². The number of hydrogen-bond acceptors (Lipinski definition) is 1. The third-order valence-corrected chi connectivity index (χ3v) is 3.10. The molecule has 2 aromatic rings. The summed E-state index contributed by atoms with van der Waals surface area (Å²) in [6, 6.07) is 18.2. The second-order valence-electron chi connectivity index (χ2n) is 3.45. The van der Waals surface area contributed by atoms with E-state index in [0.29, 0.717) is 5.33 Å². The largest absolute Gasteiger partial charge is 0.192 e. The van der Waals surface area contributed by atoms with Gasteiger partial charge in [0.05, 0.1) is 5.56 Å². The van der Waals surface area contributed by atoms with Crippen LogP contribution in [-0.2, 0) is 5.33 Å². The first-order valence-corrected chi connectivity index (χ1v) is 6.12. The average Bonchev–Trinajstić information content (AvgIpc) is 2.38. The van der Waals surface area contributed by atoms with Crippen LogP contribution in [0.3, 0.4) is 0 Å². The molecule has 0 saturated heterocycles. The summed E-state index contributed by atoms with van der Waals surface area (Å²) in [7, 11) is 0. The Hall–Kier alpha value is -1.59. The van der Waals surface area contributed by atoms with Crippen LogP contribution in [0.5, 0.6) is 0 Å². The van der Waals surface area contributed by atoms with E-state index in [2.05, 4.69) is 22.0 Å². The Bertz CT molecular complexity index is 526. The number of alkyl halides is 1. The lowest BCUT2D eigenvalue weighted by molar-refractivity contribution is 1.37. The molecule has 0 atom stereocenters. The predicted octanol–water partition coefficient (Wildman–Crippen LogP) is 4.12. The highest BCUT2D eigenvalue weighted by Crippen LogP contribution is 2.26. The van der Waals surface area contributed by atoms with Gasteiger partial charge in [-0.25, -0.2) is 0 Å². The van der Waals surface area contributed by atoms with Gasteiger partial charge in [-0.15, -0.1) is 0 Å². The number of hydrogen-bond donors (Lipinski definition) is 0. The number of nitriles is 1. The van der Waals surface area contributed by atoms with Gasteiger partial charge in [0.25, 0.3) is 0 Å².